The lowest BCUT2D eigenvalue weighted by atomic mass is 9.95. The summed E-state index contributed by atoms with van der Waals surface area (Å²) in [5.41, 5.74) is 1.35. The minimum Gasteiger partial charge on any atom is -0.493 e. The Bertz CT molecular complexity index is 753. The van der Waals surface area contributed by atoms with Gasteiger partial charge >= 0.3 is 12.6 Å². The molecule has 1 aromatic rings. The van der Waals surface area contributed by atoms with Crippen LogP contribution in [0.1, 0.15) is 32.4 Å². The second-order valence-electron chi connectivity index (χ2n) is 6.35. The van der Waals surface area contributed by atoms with Gasteiger partial charge in [-0.05, 0) is 42.8 Å². The summed E-state index contributed by atoms with van der Waals surface area (Å²) in [5.74, 6) is -0.323. The molecule has 0 amide bonds. The molecule has 0 bridgehead atoms. The van der Waals surface area contributed by atoms with Gasteiger partial charge in [0.2, 0.25) is 0 Å². The second kappa shape index (κ2) is 8.98. The first-order valence-corrected chi connectivity index (χ1v) is 8.71. The van der Waals surface area contributed by atoms with Crippen LogP contribution in [-0.2, 0) is 9.53 Å². The number of carbonyl (C=O) groups excluding carboxylic acids is 1. The fourth-order valence-electron chi connectivity index (χ4n) is 2.60. The first-order valence-electron chi connectivity index (χ1n) is 8.31. The van der Waals surface area contributed by atoms with E-state index in [0.29, 0.717) is 21.9 Å². The molecule has 2 rings (SSSR count). The molecule has 1 heterocycles. The number of alkyl halides is 2. The molecule has 0 radical (unpaired) electrons. The monoisotopic (exact) mass is 400 g/mol. The Labute approximate surface area is 161 Å². The predicted molar refractivity (Wildman–Crippen MR) is 99.7 cm³/mol. The number of carbonyl (C=O) groups is 1. The number of esters is 1. The average molecular weight is 400 g/mol. The van der Waals surface area contributed by atoms with Crippen molar-refractivity contribution in [3.8, 4) is 11.5 Å². The highest BCUT2D eigenvalue weighted by Gasteiger charge is 2.32. The lowest BCUT2D eigenvalue weighted by molar-refractivity contribution is -0.140. The van der Waals surface area contributed by atoms with Crippen LogP contribution in [0.5, 0.6) is 11.5 Å². The number of allylic oxidation sites excluding steroid dienone is 1. The molecule has 0 saturated heterocycles. The molecular formula is C18H22F2N2O4S. The Morgan fingerprint density at radius 3 is 2.59 bits per heavy atom. The maximum Gasteiger partial charge on any atom is 0.387 e. The summed E-state index contributed by atoms with van der Waals surface area (Å²) in [5, 5.41) is 6.18. The minimum absolute atomic E-state index is 0.135. The van der Waals surface area contributed by atoms with E-state index in [2.05, 4.69) is 15.4 Å². The van der Waals surface area contributed by atoms with Crippen LogP contribution in [0, 0.1) is 5.92 Å². The van der Waals surface area contributed by atoms with Gasteiger partial charge in [-0.3, -0.25) is 0 Å². The van der Waals surface area contributed by atoms with E-state index < -0.39 is 18.6 Å². The predicted octanol–water partition coefficient (Wildman–Crippen LogP) is 3.29. The molecule has 2 N–H and O–H groups in total. The van der Waals surface area contributed by atoms with Crippen LogP contribution in [0.25, 0.3) is 0 Å². The molecule has 1 atom stereocenters. The van der Waals surface area contributed by atoms with Crippen molar-refractivity contribution in [3.05, 3.63) is 35.0 Å². The number of rotatable bonds is 7. The van der Waals surface area contributed by atoms with Crippen molar-refractivity contribution in [3.63, 3.8) is 0 Å². The summed E-state index contributed by atoms with van der Waals surface area (Å²) in [7, 11) is 1.35. The number of thiocarbonyl (C=S) groups is 1. The summed E-state index contributed by atoms with van der Waals surface area (Å²) < 4.78 is 40.3. The van der Waals surface area contributed by atoms with Crippen molar-refractivity contribution in [2.24, 2.45) is 5.92 Å². The summed E-state index contributed by atoms with van der Waals surface area (Å²) in [6.07, 6.45) is 0. The maximum atomic E-state index is 12.7. The lowest BCUT2D eigenvalue weighted by Gasteiger charge is -2.30. The van der Waals surface area contributed by atoms with Gasteiger partial charge in [-0.15, -0.1) is 0 Å². The van der Waals surface area contributed by atoms with Crippen LogP contribution in [-0.4, -0.2) is 31.4 Å². The third-order valence-corrected chi connectivity index (χ3v) is 3.99. The normalized spacial score (nSPS) is 16.9. The zero-order chi connectivity index (χ0) is 20.1. The minimum atomic E-state index is -3.01. The number of methoxy groups -OCH3 is 1. The third kappa shape index (κ3) is 5.29. The van der Waals surface area contributed by atoms with Gasteiger partial charge in [0, 0.05) is 5.70 Å². The van der Waals surface area contributed by atoms with E-state index in [0.717, 1.165) is 0 Å². The van der Waals surface area contributed by atoms with Crippen LogP contribution >= 0.6 is 12.2 Å². The zero-order valence-electron chi connectivity index (χ0n) is 15.5. The topological polar surface area (TPSA) is 68.8 Å². The fraction of sp³-hybridized carbons (Fsp3) is 0.444. The van der Waals surface area contributed by atoms with E-state index in [4.69, 9.17) is 21.7 Å². The summed E-state index contributed by atoms with van der Waals surface area (Å²) in [6, 6.07) is 3.85. The Morgan fingerprint density at radius 2 is 2.00 bits per heavy atom. The molecule has 1 aromatic carbocycles. The molecule has 27 heavy (non-hydrogen) atoms. The Morgan fingerprint density at radius 1 is 1.30 bits per heavy atom. The van der Waals surface area contributed by atoms with Gasteiger partial charge < -0.3 is 24.8 Å². The van der Waals surface area contributed by atoms with Crippen LogP contribution in [0.2, 0.25) is 0 Å². The third-order valence-electron chi connectivity index (χ3n) is 3.77. The van der Waals surface area contributed by atoms with Crippen molar-refractivity contribution < 1.29 is 27.8 Å². The highest BCUT2D eigenvalue weighted by atomic mass is 32.1. The number of nitrogens with one attached hydrogen (secondary N) is 2. The molecule has 0 spiro atoms. The molecular weight excluding hydrogens is 378 g/mol. The van der Waals surface area contributed by atoms with Gasteiger partial charge in [0.15, 0.2) is 16.6 Å². The second-order valence-corrected chi connectivity index (χ2v) is 6.76. The molecule has 6 nitrogen and oxygen atoms in total. The van der Waals surface area contributed by atoms with Crippen molar-refractivity contribution >= 4 is 23.3 Å². The SMILES string of the molecule is COc1ccc([C@H]2NC(=S)NC(C)=C2C(=O)OCC(C)C)cc1OC(F)F. The quantitative estimate of drug-likeness (QED) is 0.538. The molecule has 1 aliphatic rings. The molecule has 9 heteroatoms. The highest BCUT2D eigenvalue weighted by molar-refractivity contribution is 7.80. The van der Waals surface area contributed by atoms with Gasteiger partial charge in [0.25, 0.3) is 0 Å². The van der Waals surface area contributed by atoms with E-state index in [1.54, 1.807) is 13.0 Å². The van der Waals surface area contributed by atoms with E-state index in [1.807, 2.05) is 13.8 Å². The molecule has 0 unspecified atom stereocenters. The fourth-order valence-corrected chi connectivity index (χ4v) is 2.87. The first-order chi connectivity index (χ1) is 12.7. The van der Waals surface area contributed by atoms with Crippen LogP contribution in [0.4, 0.5) is 8.78 Å². The van der Waals surface area contributed by atoms with E-state index >= 15 is 0 Å². The maximum absolute atomic E-state index is 12.7. The molecule has 0 fully saturated rings. The molecule has 1 aliphatic heterocycles. The van der Waals surface area contributed by atoms with E-state index in [-0.39, 0.29) is 24.0 Å². The van der Waals surface area contributed by atoms with Crippen molar-refractivity contribution in [1.82, 2.24) is 10.6 Å². The summed E-state index contributed by atoms with van der Waals surface area (Å²) >= 11 is 5.17. The van der Waals surface area contributed by atoms with Crippen LogP contribution in [0.3, 0.4) is 0 Å². The lowest BCUT2D eigenvalue weighted by Crippen LogP contribution is -2.45. The molecule has 148 valence electrons. The standard InChI is InChI=1S/C18H22F2N2O4S/c1-9(2)8-25-16(23)14-10(3)21-18(27)22-15(14)11-5-6-12(24-4)13(7-11)26-17(19)20/h5-7,9,15,17H,8H2,1-4H3,(H2,21,22,27)/t15-/m1/s1. The molecule has 0 aromatic heterocycles. The summed E-state index contributed by atoms with van der Waals surface area (Å²) in [6.45, 7) is 2.80. The molecule has 0 aliphatic carbocycles. The highest BCUT2D eigenvalue weighted by Crippen LogP contribution is 2.35. The number of ether oxygens (including phenoxy) is 3. The van der Waals surface area contributed by atoms with Crippen LogP contribution < -0.4 is 20.1 Å². The number of benzene rings is 1. The van der Waals surface area contributed by atoms with Gasteiger partial charge in [-0.1, -0.05) is 19.9 Å². The van der Waals surface area contributed by atoms with Crippen molar-refractivity contribution in [1.29, 1.82) is 0 Å². The van der Waals surface area contributed by atoms with Crippen LogP contribution in [0.15, 0.2) is 29.5 Å². The number of hydrogen-bond donors (Lipinski definition) is 2. The Hall–Kier alpha value is -2.42. The summed E-state index contributed by atoms with van der Waals surface area (Å²) in [4.78, 5) is 12.6. The molecule has 0 saturated carbocycles. The zero-order valence-corrected chi connectivity index (χ0v) is 16.3. The van der Waals surface area contributed by atoms with Gasteiger partial charge in [0.1, 0.15) is 0 Å². The van der Waals surface area contributed by atoms with Gasteiger partial charge in [-0.2, -0.15) is 8.78 Å². The van der Waals surface area contributed by atoms with E-state index in [1.165, 1.54) is 19.2 Å². The first kappa shape index (κ1) is 20.9. The van der Waals surface area contributed by atoms with E-state index in [9.17, 15) is 13.6 Å². The Kier molecular flexibility index (Phi) is 6.95. The van der Waals surface area contributed by atoms with Gasteiger partial charge in [-0.25, -0.2) is 4.79 Å². The smallest absolute Gasteiger partial charge is 0.387 e. The number of halogens is 2. The van der Waals surface area contributed by atoms with Gasteiger partial charge in [0.05, 0.1) is 25.3 Å². The Balaban J connectivity index is 2.42. The number of hydrogen-bond acceptors (Lipinski definition) is 5. The largest absolute Gasteiger partial charge is 0.493 e. The van der Waals surface area contributed by atoms with Crippen molar-refractivity contribution in [2.75, 3.05) is 13.7 Å². The average Bonchev–Trinajstić information content (AvgIpc) is 2.58. The van der Waals surface area contributed by atoms with Crippen molar-refractivity contribution in [2.45, 2.75) is 33.4 Å².